The topological polar surface area (TPSA) is 95.5 Å². The zero-order valence-electron chi connectivity index (χ0n) is 14.4. The Kier molecular flexibility index (Phi) is 5.02. The molecule has 1 heterocycles. The van der Waals surface area contributed by atoms with Crippen molar-refractivity contribution in [3.63, 3.8) is 0 Å². The number of carbonyl (C=O) groups is 3. The number of carboxylic acids is 1. The minimum atomic E-state index is -1.11. The molecule has 0 radical (unpaired) electrons. The summed E-state index contributed by atoms with van der Waals surface area (Å²) in [6.45, 7) is 1.54. The van der Waals surface area contributed by atoms with Gasteiger partial charge in [-0.1, -0.05) is 48.5 Å². The van der Waals surface area contributed by atoms with E-state index in [4.69, 9.17) is 0 Å². The molecule has 4 bridgehead atoms. The average molecular weight is 352 g/mol. The number of nitrogens with one attached hydrogen (secondary N) is 2. The third-order valence-electron chi connectivity index (χ3n) is 4.38. The van der Waals surface area contributed by atoms with Crippen molar-refractivity contribution in [3.05, 3.63) is 59.7 Å². The fourth-order valence-electron chi connectivity index (χ4n) is 3.01. The zero-order valence-corrected chi connectivity index (χ0v) is 14.4. The first-order valence-electron chi connectivity index (χ1n) is 8.43. The molecule has 2 amide bonds. The summed E-state index contributed by atoms with van der Waals surface area (Å²) in [6, 6.07) is 13.3. The highest BCUT2D eigenvalue weighted by Crippen LogP contribution is 2.23. The van der Waals surface area contributed by atoms with E-state index in [2.05, 4.69) is 10.6 Å². The fraction of sp³-hybridized carbons (Fsp3) is 0.250. The lowest BCUT2D eigenvalue weighted by atomic mass is 9.97. The molecule has 2 atom stereocenters. The van der Waals surface area contributed by atoms with Crippen LogP contribution in [0.15, 0.2) is 48.5 Å². The normalized spacial score (nSPS) is 20.5. The number of fused-ring (bicyclic) bond motifs is 5. The van der Waals surface area contributed by atoms with Crippen LogP contribution in [0.2, 0.25) is 0 Å². The molecule has 2 aromatic carbocycles. The van der Waals surface area contributed by atoms with Crippen molar-refractivity contribution in [2.24, 2.45) is 0 Å². The maximum Gasteiger partial charge on any atom is 0.326 e. The minimum absolute atomic E-state index is 0.146. The second-order valence-corrected chi connectivity index (χ2v) is 6.47. The van der Waals surface area contributed by atoms with E-state index in [1.54, 1.807) is 0 Å². The van der Waals surface area contributed by atoms with Crippen molar-refractivity contribution in [1.29, 1.82) is 0 Å². The molecular formula is C20H20N2O4. The number of carboxylic acid groups (broad SMARTS) is 1. The molecule has 26 heavy (non-hydrogen) atoms. The van der Waals surface area contributed by atoms with Gasteiger partial charge in [0.2, 0.25) is 11.8 Å². The Morgan fingerprint density at radius 1 is 1.00 bits per heavy atom. The standard InChI is InChI=1S/C20H20N2O4/c1-12-19(24)22-17(20(25)26)10-13-4-2-6-15(8-13)16-7-3-5-14(9-16)11-18(23)21-12/h2-9,12,17H,10-11H2,1H3,(H,21,23)(H,22,24)(H,25,26). The summed E-state index contributed by atoms with van der Waals surface area (Å²) < 4.78 is 0. The molecule has 2 aromatic rings. The Balaban J connectivity index is 2.03. The molecule has 0 saturated heterocycles. The smallest absolute Gasteiger partial charge is 0.326 e. The SMILES string of the molecule is CC1NC(=O)Cc2cccc(c2)-c2cccc(c2)CC(C(=O)O)NC1=O. The van der Waals surface area contributed by atoms with Gasteiger partial charge in [0.25, 0.3) is 0 Å². The van der Waals surface area contributed by atoms with E-state index in [0.717, 1.165) is 22.3 Å². The number of rotatable bonds is 1. The molecular weight excluding hydrogens is 332 g/mol. The molecule has 0 aliphatic carbocycles. The molecule has 0 fully saturated rings. The van der Waals surface area contributed by atoms with Crippen molar-refractivity contribution >= 4 is 17.8 Å². The third kappa shape index (κ3) is 4.08. The highest BCUT2D eigenvalue weighted by atomic mass is 16.4. The van der Waals surface area contributed by atoms with Crippen LogP contribution in [0.4, 0.5) is 0 Å². The van der Waals surface area contributed by atoms with Gasteiger partial charge in [0, 0.05) is 6.42 Å². The Bertz CT molecular complexity index is 862. The van der Waals surface area contributed by atoms with Crippen LogP contribution >= 0.6 is 0 Å². The van der Waals surface area contributed by atoms with Gasteiger partial charge in [-0.3, -0.25) is 9.59 Å². The number of aliphatic carboxylic acids is 1. The largest absolute Gasteiger partial charge is 0.480 e. The zero-order chi connectivity index (χ0) is 18.7. The summed E-state index contributed by atoms with van der Waals surface area (Å²) in [5.74, 6) is -1.92. The lowest BCUT2D eigenvalue weighted by Crippen LogP contribution is -2.51. The predicted octanol–water partition coefficient (Wildman–Crippen LogP) is 1.53. The Morgan fingerprint density at radius 2 is 1.62 bits per heavy atom. The molecule has 3 rings (SSSR count). The van der Waals surface area contributed by atoms with Gasteiger partial charge in [-0.15, -0.1) is 0 Å². The van der Waals surface area contributed by atoms with Crippen molar-refractivity contribution in [1.82, 2.24) is 10.6 Å². The van der Waals surface area contributed by atoms with Crippen LogP contribution < -0.4 is 10.6 Å². The van der Waals surface area contributed by atoms with Crippen LogP contribution in [-0.2, 0) is 27.2 Å². The molecule has 0 spiro atoms. The quantitative estimate of drug-likeness (QED) is 0.725. The maximum absolute atomic E-state index is 12.3. The van der Waals surface area contributed by atoms with E-state index in [9.17, 15) is 19.5 Å². The second kappa shape index (κ2) is 7.39. The Hall–Kier alpha value is -3.15. The first-order chi connectivity index (χ1) is 12.4. The molecule has 6 heteroatoms. The Labute approximate surface area is 151 Å². The van der Waals surface area contributed by atoms with Gasteiger partial charge in [-0.05, 0) is 29.2 Å². The van der Waals surface area contributed by atoms with Gasteiger partial charge in [0.1, 0.15) is 12.1 Å². The van der Waals surface area contributed by atoms with Crippen molar-refractivity contribution in [3.8, 4) is 11.1 Å². The van der Waals surface area contributed by atoms with Crippen LogP contribution in [-0.4, -0.2) is 35.0 Å². The summed E-state index contributed by atoms with van der Waals surface area (Å²) in [6.07, 6.45) is 0.308. The number of carbonyl (C=O) groups excluding carboxylic acids is 2. The first-order valence-corrected chi connectivity index (χ1v) is 8.43. The van der Waals surface area contributed by atoms with E-state index < -0.39 is 24.0 Å². The lowest BCUT2D eigenvalue weighted by Gasteiger charge is -2.20. The van der Waals surface area contributed by atoms with Gasteiger partial charge >= 0.3 is 5.97 Å². The number of amides is 2. The molecule has 1 aliphatic heterocycles. The Morgan fingerprint density at radius 3 is 2.27 bits per heavy atom. The molecule has 0 saturated carbocycles. The third-order valence-corrected chi connectivity index (χ3v) is 4.38. The molecule has 6 nitrogen and oxygen atoms in total. The van der Waals surface area contributed by atoms with E-state index in [1.807, 2.05) is 48.5 Å². The second-order valence-electron chi connectivity index (χ2n) is 6.47. The summed E-state index contributed by atoms with van der Waals surface area (Å²) in [5.41, 5.74) is 3.55. The van der Waals surface area contributed by atoms with Crippen LogP contribution in [0.3, 0.4) is 0 Å². The molecule has 134 valence electrons. The summed E-state index contributed by atoms with van der Waals surface area (Å²) in [7, 11) is 0. The summed E-state index contributed by atoms with van der Waals surface area (Å²) >= 11 is 0. The summed E-state index contributed by atoms with van der Waals surface area (Å²) in [4.78, 5) is 36.0. The maximum atomic E-state index is 12.3. The van der Waals surface area contributed by atoms with Crippen LogP contribution in [0.25, 0.3) is 11.1 Å². The first kappa shape index (κ1) is 17.7. The van der Waals surface area contributed by atoms with E-state index in [-0.39, 0.29) is 18.7 Å². The molecule has 3 N–H and O–H groups in total. The van der Waals surface area contributed by atoms with E-state index >= 15 is 0 Å². The number of hydrogen-bond donors (Lipinski definition) is 3. The average Bonchev–Trinajstić information content (AvgIpc) is 2.60. The molecule has 1 aliphatic rings. The van der Waals surface area contributed by atoms with Crippen molar-refractivity contribution in [2.75, 3.05) is 0 Å². The minimum Gasteiger partial charge on any atom is -0.480 e. The van der Waals surface area contributed by atoms with Gasteiger partial charge < -0.3 is 15.7 Å². The number of benzene rings is 2. The monoisotopic (exact) mass is 352 g/mol. The van der Waals surface area contributed by atoms with E-state index in [0.29, 0.717) is 0 Å². The van der Waals surface area contributed by atoms with Crippen LogP contribution in [0.5, 0.6) is 0 Å². The predicted molar refractivity (Wildman–Crippen MR) is 96.5 cm³/mol. The van der Waals surface area contributed by atoms with Gasteiger partial charge in [-0.25, -0.2) is 4.79 Å². The molecule has 0 aromatic heterocycles. The van der Waals surface area contributed by atoms with E-state index in [1.165, 1.54) is 6.92 Å². The fourth-order valence-corrected chi connectivity index (χ4v) is 3.01. The summed E-state index contributed by atoms with van der Waals surface area (Å²) in [5, 5.41) is 14.6. The highest BCUT2D eigenvalue weighted by molar-refractivity contribution is 5.90. The van der Waals surface area contributed by atoms with Gasteiger partial charge in [0.05, 0.1) is 6.42 Å². The highest BCUT2D eigenvalue weighted by Gasteiger charge is 2.24. The molecule has 2 unspecified atom stereocenters. The van der Waals surface area contributed by atoms with Crippen LogP contribution in [0.1, 0.15) is 18.1 Å². The van der Waals surface area contributed by atoms with Gasteiger partial charge in [-0.2, -0.15) is 0 Å². The van der Waals surface area contributed by atoms with Crippen molar-refractivity contribution < 1.29 is 19.5 Å². The van der Waals surface area contributed by atoms with Gasteiger partial charge in [0.15, 0.2) is 0 Å². The number of hydrogen-bond acceptors (Lipinski definition) is 3. The van der Waals surface area contributed by atoms with Crippen molar-refractivity contribution in [2.45, 2.75) is 31.8 Å². The van der Waals surface area contributed by atoms with Crippen LogP contribution in [0, 0.1) is 0 Å². The lowest BCUT2D eigenvalue weighted by molar-refractivity contribution is -0.142.